The first kappa shape index (κ1) is 34.9. The summed E-state index contributed by atoms with van der Waals surface area (Å²) in [7, 11) is 0. The lowest BCUT2D eigenvalue weighted by molar-refractivity contribution is -0.336. The number of aliphatic hydroxyl groups excluding tert-OH is 2. The van der Waals surface area contributed by atoms with Crippen molar-refractivity contribution in [2.24, 2.45) is 0 Å². The number of hydrogen-bond acceptors (Lipinski definition) is 9. The van der Waals surface area contributed by atoms with Gasteiger partial charge in [0.2, 0.25) is 0 Å². The Balaban J connectivity index is 1.20. The standard InChI is InChI=1S/C40H44O9/c41-36-34(27-43-23-29-13-5-1-6-14-29)48-40(39(37(36)42)47-26-32-19-11-4-12-20-32)49-38-33(46-25-31-17-9-3-10-18-31)21-22-45-35(38)28-44-24-30-15-7-2-8-16-30/h1-22,33-42H,23-28H2/t33-,34-,35-,36+,37+,38+,39-,40+/m1/s1. The molecule has 2 aliphatic rings. The van der Waals surface area contributed by atoms with Gasteiger partial charge in [-0.25, -0.2) is 0 Å². The van der Waals surface area contributed by atoms with Gasteiger partial charge in [-0.2, -0.15) is 0 Å². The first-order valence-electron chi connectivity index (χ1n) is 16.7. The third kappa shape index (κ3) is 10.1. The highest BCUT2D eigenvalue weighted by molar-refractivity contribution is 5.16. The van der Waals surface area contributed by atoms with Gasteiger partial charge in [-0.3, -0.25) is 0 Å². The molecule has 0 spiro atoms. The summed E-state index contributed by atoms with van der Waals surface area (Å²) in [5, 5.41) is 22.7. The van der Waals surface area contributed by atoms with E-state index >= 15 is 0 Å². The van der Waals surface area contributed by atoms with Crippen LogP contribution in [0.15, 0.2) is 134 Å². The average Bonchev–Trinajstić information content (AvgIpc) is 3.15. The molecule has 4 aromatic rings. The highest BCUT2D eigenvalue weighted by Gasteiger charge is 2.49. The Kier molecular flexibility index (Phi) is 13.0. The molecular weight excluding hydrogens is 624 g/mol. The van der Waals surface area contributed by atoms with Crippen LogP contribution in [0.3, 0.4) is 0 Å². The van der Waals surface area contributed by atoms with Crippen LogP contribution in [0, 0.1) is 0 Å². The monoisotopic (exact) mass is 668 g/mol. The van der Waals surface area contributed by atoms with Crippen LogP contribution in [0.2, 0.25) is 0 Å². The number of ether oxygens (including phenoxy) is 7. The van der Waals surface area contributed by atoms with Gasteiger partial charge in [0, 0.05) is 0 Å². The van der Waals surface area contributed by atoms with Crippen molar-refractivity contribution in [2.45, 2.75) is 75.4 Å². The predicted octanol–water partition coefficient (Wildman–Crippen LogP) is 5.34. The van der Waals surface area contributed by atoms with Crippen LogP contribution in [0.25, 0.3) is 0 Å². The molecule has 9 nitrogen and oxygen atoms in total. The first-order valence-corrected chi connectivity index (χ1v) is 16.7. The van der Waals surface area contributed by atoms with E-state index in [4.69, 9.17) is 33.2 Å². The maximum absolute atomic E-state index is 11.5. The number of rotatable bonds is 16. The lowest BCUT2D eigenvalue weighted by Gasteiger charge is -2.45. The molecule has 2 heterocycles. The minimum atomic E-state index is -1.33. The smallest absolute Gasteiger partial charge is 0.187 e. The zero-order valence-corrected chi connectivity index (χ0v) is 27.3. The van der Waals surface area contributed by atoms with Crippen molar-refractivity contribution in [3.8, 4) is 0 Å². The van der Waals surface area contributed by atoms with Crippen molar-refractivity contribution >= 4 is 0 Å². The summed E-state index contributed by atoms with van der Waals surface area (Å²) in [5.41, 5.74) is 3.92. The minimum absolute atomic E-state index is 0.0248. The zero-order valence-electron chi connectivity index (χ0n) is 27.3. The van der Waals surface area contributed by atoms with E-state index in [0.717, 1.165) is 22.3 Å². The Morgan fingerprint density at radius 1 is 0.510 bits per heavy atom. The van der Waals surface area contributed by atoms with E-state index in [0.29, 0.717) is 19.8 Å². The molecule has 1 saturated heterocycles. The largest absolute Gasteiger partial charge is 0.493 e. The summed E-state index contributed by atoms with van der Waals surface area (Å²) in [5.74, 6) is 0. The molecule has 258 valence electrons. The van der Waals surface area contributed by atoms with E-state index in [-0.39, 0.29) is 19.8 Å². The van der Waals surface area contributed by atoms with Gasteiger partial charge in [0.15, 0.2) is 12.4 Å². The molecule has 6 rings (SSSR count). The summed E-state index contributed by atoms with van der Waals surface area (Å²) in [4.78, 5) is 0. The molecule has 0 aliphatic carbocycles. The Labute approximate surface area is 287 Å². The number of aliphatic hydroxyl groups is 2. The molecule has 0 bridgehead atoms. The second-order valence-corrected chi connectivity index (χ2v) is 12.2. The summed E-state index contributed by atoms with van der Waals surface area (Å²) in [6, 6.07) is 39.1. The van der Waals surface area contributed by atoms with E-state index < -0.39 is 49.0 Å². The highest BCUT2D eigenvalue weighted by atomic mass is 16.7. The van der Waals surface area contributed by atoms with Crippen LogP contribution in [0.1, 0.15) is 22.3 Å². The number of hydrogen-bond donors (Lipinski definition) is 2. The predicted molar refractivity (Wildman–Crippen MR) is 182 cm³/mol. The Bertz CT molecular complexity index is 1520. The fraction of sp³-hybridized carbons (Fsp3) is 0.350. The molecule has 1 fully saturated rings. The fourth-order valence-electron chi connectivity index (χ4n) is 5.82. The van der Waals surface area contributed by atoms with Crippen molar-refractivity contribution in [1.82, 2.24) is 0 Å². The first-order chi connectivity index (χ1) is 24.1. The quantitative estimate of drug-likeness (QED) is 0.164. The molecule has 0 unspecified atom stereocenters. The molecule has 9 heteroatoms. The van der Waals surface area contributed by atoms with Gasteiger partial charge >= 0.3 is 0 Å². The van der Waals surface area contributed by atoms with Crippen LogP contribution < -0.4 is 0 Å². The van der Waals surface area contributed by atoms with E-state index in [1.807, 2.05) is 121 Å². The van der Waals surface area contributed by atoms with E-state index in [9.17, 15) is 10.2 Å². The number of benzene rings is 4. The van der Waals surface area contributed by atoms with Crippen molar-refractivity contribution in [3.63, 3.8) is 0 Å². The molecule has 0 aromatic heterocycles. The van der Waals surface area contributed by atoms with Gasteiger partial charge in [0.1, 0.15) is 36.6 Å². The van der Waals surface area contributed by atoms with Crippen LogP contribution >= 0.6 is 0 Å². The van der Waals surface area contributed by atoms with Gasteiger partial charge in [-0.1, -0.05) is 121 Å². The van der Waals surface area contributed by atoms with Gasteiger partial charge in [-0.15, -0.1) is 0 Å². The maximum atomic E-state index is 11.5. The maximum Gasteiger partial charge on any atom is 0.187 e. The third-order valence-corrected chi connectivity index (χ3v) is 8.51. The minimum Gasteiger partial charge on any atom is -0.493 e. The SMILES string of the molecule is O[C@@H]1[C@H](O)[C@@H](OCc2ccccc2)[C@H](O[C@H]2[C@H](OCc3ccccc3)C=CO[C@@H]2COCc2ccccc2)O[C@@H]1COCc1ccccc1. The Morgan fingerprint density at radius 3 is 1.51 bits per heavy atom. The summed E-state index contributed by atoms with van der Waals surface area (Å²) < 4.78 is 43.8. The van der Waals surface area contributed by atoms with Gasteiger partial charge in [0.05, 0.1) is 45.9 Å². The Hall–Kier alpha value is -3.90. The zero-order chi connectivity index (χ0) is 33.7. The summed E-state index contributed by atoms with van der Waals surface area (Å²) in [6.45, 7) is 1.45. The average molecular weight is 669 g/mol. The van der Waals surface area contributed by atoms with Crippen molar-refractivity contribution in [3.05, 3.63) is 156 Å². The molecule has 49 heavy (non-hydrogen) atoms. The second-order valence-electron chi connectivity index (χ2n) is 12.2. The van der Waals surface area contributed by atoms with Crippen LogP contribution in [0.5, 0.6) is 0 Å². The Morgan fingerprint density at radius 2 is 0.980 bits per heavy atom. The summed E-state index contributed by atoms with van der Waals surface area (Å²) >= 11 is 0. The van der Waals surface area contributed by atoms with Gasteiger partial charge in [0.25, 0.3) is 0 Å². The van der Waals surface area contributed by atoms with Crippen molar-refractivity contribution in [1.29, 1.82) is 0 Å². The molecule has 0 amide bonds. The highest BCUT2D eigenvalue weighted by Crippen LogP contribution is 2.30. The lowest BCUT2D eigenvalue weighted by atomic mass is 9.98. The van der Waals surface area contributed by atoms with Crippen molar-refractivity contribution in [2.75, 3.05) is 13.2 Å². The molecule has 2 aliphatic heterocycles. The molecular formula is C40H44O9. The molecule has 0 radical (unpaired) electrons. The van der Waals surface area contributed by atoms with Crippen LogP contribution in [-0.4, -0.2) is 72.4 Å². The van der Waals surface area contributed by atoms with E-state index in [1.165, 1.54) is 0 Å². The topological polar surface area (TPSA) is 105 Å². The molecule has 4 aromatic carbocycles. The van der Waals surface area contributed by atoms with Gasteiger partial charge in [-0.05, 0) is 28.3 Å². The van der Waals surface area contributed by atoms with Crippen LogP contribution in [0.4, 0.5) is 0 Å². The van der Waals surface area contributed by atoms with Crippen molar-refractivity contribution < 1.29 is 43.4 Å². The fourth-order valence-corrected chi connectivity index (χ4v) is 5.82. The lowest BCUT2D eigenvalue weighted by Crippen LogP contribution is -2.62. The normalized spacial score (nSPS) is 26.7. The summed E-state index contributed by atoms with van der Waals surface area (Å²) in [6.07, 6.45) is -4.08. The molecule has 8 atom stereocenters. The van der Waals surface area contributed by atoms with E-state index in [2.05, 4.69) is 0 Å². The third-order valence-electron chi connectivity index (χ3n) is 8.51. The van der Waals surface area contributed by atoms with E-state index in [1.54, 1.807) is 12.3 Å². The molecule has 0 saturated carbocycles. The second kappa shape index (κ2) is 18.2. The van der Waals surface area contributed by atoms with Crippen LogP contribution in [-0.2, 0) is 59.6 Å². The molecule has 2 N–H and O–H groups in total. The van der Waals surface area contributed by atoms with Gasteiger partial charge < -0.3 is 43.4 Å².